The number of rotatable bonds is 6. The van der Waals surface area contributed by atoms with Crippen LogP contribution in [0.3, 0.4) is 0 Å². The zero-order valence-electron chi connectivity index (χ0n) is 15.2. The lowest BCUT2D eigenvalue weighted by Gasteiger charge is -2.12. The summed E-state index contributed by atoms with van der Waals surface area (Å²) in [5.74, 6) is 6.37. The smallest absolute Gasteiger partial charge is 0.341 e. The largest absolute Gasteiger partial charge is 0.503 e. The minimum atomic E-state index is -0.474. The van der Waals surface area contributed by atoms with Crippen molar-refractivity contribution >= 4 is 34.9 Å². The predicted molar refractivity (Wildman–Crippen MR) is 106 cm³/mol. The van der Waals surface area contributed by atoms with E-state index in [0.717, 1.165) is 4.90 Å². The standard InChI is InChI=1S/C20H23ClO3S/c1-20(2,3)12-7-6-8-13-25-18-15(10-9-11-17(18)21)16(14-23-4)19(22)24-5/h6,8-11,14H,13H2,1-5H3/b8-6+,16-14+. The highest BCUT2D eigenvalue weighted by atomic mass is 35.5. The molecule has 0 fully saturated rings. The molecule has 0 atom stereocenters. The van der Waals surface area contributed by atoms with E-state index in [9.17, 15) is 4.79 Å². The summed E-state index contributed by atoms with van der Waals surface area (Å²) in [5.41, 5.74) is 0.986. The molecule has 1 rings (SSSR count). The number of carbonyl (C=O) groups excluding carboxylic acids is 1. The molecule has 134 valence electrons. The number of halogens is 1. The van der Waals surface area contributed by atoms with Crippen molar-refractivity contribution in [1.82, 2.24) is 0 Å². The van der Waals surface area contributed by atoms with E-state index in [1.807, 2.05) is 18.2 Å². The van der Waals surface area contributed by atoms with Crippen LogP contribution in [0.5, 0.6) is 0 Å². The fourth-order valence-corrected chi connectivity index (χ4v) is 3.05. The van der Waals surface area contributed by atoms with Gasteiger partial charge in [0.25, 0.3) is 0 Å². The van der Waals surface area contributed by atoms with Crippen molar-refractivity contribution in [1.29, 1.82) is 0 Å². The topological polar surface area (TPSA) is 35.5 Å². The molecule has 0 aliphatic heterocycles. The second-order valence-corrected chi connectivity index (χ2v) is 7.55. The van der Waals surface area contributed by atoms with Gasteiger partial charge in [-0.1, -0.05) is 41.7 Å². The van der Waals surface area contributed by atoms with E-state index in [4.69, 9.17) is 21.1 Å². The molecule has 0 saturated carbocycles. The van der Waals surface area contributed by atoms with Gasteiger partial charge < -0.3 is 9.47 Å². The number of esters is 1. The van der Waals surface area contributed by atoms with Gasteiger partial charge in [0.1, 0.15) is 5.57 Å². The summed E-state index contributed by atoms with van der Waals surface area (Å²) in [6.07, 6.45) is 5.17. The number of benzene rings is 1. The molecule has 5 heteroatoms. The molecule has 3 nitrogen and oxygen atoms in total. The lowest BCUT2D eigenvalue weighted by molar-refractivity contribution is -0.133. The Morgan fingerprint density at radius 3 is 2.64 bits per heavy atom. The third-order valence-electron chi connectivity index (χ3n) is 2.87. The van der Waals surface area contributed by atoms with Gasteiger partial charge in [0.15, 0.2) is 0 Å². The third kappa shape index (κ3) is 7.29. The molecule has 0 saturated heterocycles. The van der Waals surface area contributed by atoms with E-state index in [2.05, 4.69) is 32.6 Å². The Balaban J connectivity index is 3.00. The normalized spacial score (nSPS) is 11.8. The fraction of sp³-hybridized carbons (Fsp3) is 0.350. The van der Waals surface area contributed by atoms with Crippen molar-refractivity contribution in [3.05, 3.63) is 47.2 Å². The minimum Gasteiger partial charge on any atom is -0.503 e. The second kappa shape index (κ2) is 10.2. The van der Waals surface area contributed by atoms with Crippen molar-refractivity contribution in [2.75, 3.05) is 20.0 Å². The van der Waals surface area contributed by atoms with Crippen LogP contribution in [-0.2, 0) is 14.3 Å². The van der Waals surface area contributed by atoms with Crippen LogP contribution in [0.4, 0.5) is 0 Å². The predicted octanol–water partition coefficient (Wildman–Crippen LogP) is 5.20. The maximum absolute atomic E-state index is 12.0. The van der Waals surface area contributed by atoms with Gasteiger partial charge in [-0.2, -0.15) is 0 Å². The first-order chi connectivity index (χ1) is 11.8. The Bertz CT molecular complexity index is 719. The van der Waals surface area contributed by atoms with Gasteiger partial charge in [-0.25, -0.2) is 4.79 Å². The fourth-order valence-electron chi connectivity index (χ4n) is 1.81. The number of thioether (sulfide) groups is 1. The molecule has 1 aromatic carbocycles. The number of hydrogen-bond acceptors (Lipinski definition) is 4. The Morgan fingerprint density at radius 2 is 2.04 bits per heavy atom. The first kappa shape index (κ1) is 21.2. The van der Waals surface area contributed by atoms with Crippen molar-refractivity contribution in [2.24, 2.45) is 5.41 Å². The molecule has 0 heterocycles. The molecule has 0 unspecified atom stereocenters. The van der Waals surface area contributed by atoms with Crippen LogP contribution in [-0.4, -0.2) is 25.9 Å². The number of allylic oxidation sites excluding steroid dienone is 1. The van der Waals surface area contributed by atoms with E-state index >= 15 is 0 Å². The molecule has 0 radical (unpaired) electrons. The molecule has 0 aliphatic rings. The maximum Gasteiger partial charge on any atom is 0.341 e. The quantitative estimate of drug-likeness (QED) is 0.224. The van der Waals surface area contributed by atoms with Crippen molar-refractivity contribution in [3.8, 4) is 11.8 Å². The van der Waals surface area contributed by atoms with Gasteiger partial charge in [0.2, 0.25) is 0 Å². The molecule has 0 bridgehead atoms. The summed E-state index contributed by atoms with van der Waals surface area (Å²) in [6, 6.07) is 5.40. The maximum atomic E-state index is 12.0. The molecule has 0 aromatic heterocycles. The molecule has 0 amide bonds. The Kier molecular flexibility index (Phi) is 8.68. The van der Waals surface area contributed by atoms with Crippen LogP contribution in [0.25, 0.3) is 5.57 Å². The Hall–Kier alpha value is -1.83. The van der Waals surface area contributed by atoms with Crippen molar-refractivity contribution < 1.29 is 14.3 Å². The highest BCUT2D eigenvalue weighted by Crippen LogP contribution is 2.35. The summed E-state index contributed by atoms with van der Waals surface area (Å²) in [5, 5.41) is 0.572. The molecule has 1 aromatic rings. The van der Waals surface area contributed by atoms with Crippen LogP contribution in [0.2, 0.25) is 5.02 Å². The van der Waals surface area contributed by atoms with E-state index in [-0.39, 0.29) is 5.41 Å². The Labute approximate surface area is 159 Å². The SMILES string of the molecule is CO/C=C(/C(=O)OC)c1cccc(Cl)c1SC/C=C/C#CC(C)(C)C. The first-order valence-corrected chi connectivity index (χ1v) is 9.07. The summed E-state index contributed by atoms with van der Waals surface area (Å²) in [7, 11) is 2.82. The zero-order valence-corrected chi connectivity index (χ0v) is 16.8. The van der Waals surface area contributed by atoms with Gasteiger partial charge in [0.05, 0.1) is 25.5 Å². The molecule has 0 spiro atoms. The first-order valence-electron chi connectivity index (χ1n) is 7.71. The van der Waals surface area contributed by atoms with E-state index < -0.39 is 5.97 Å². The molecule has 25 heavy (non-hydrogen) atoms. The lowest BCUT2D eigenvalue weighted by atomic mass is 9.98. The van der Waals surface area contributed by atoms with Gasteiger partial charge in [0, 0.05) is 21.6 Å². The van der Waals surface area contributed by atoms with E-state index in [0.29, 0.717) is 21.9 Å². The van der Waals surface area contributed by atoms with Crippen LogP contribution in [0, 0.1) is 17.3 Å². The minimum absolute atomic E-state index is 0.0201. The van der Waals surface area contributed by atoms with Crippen molar-refractivity contribution in [2.45, 2.75) is 25.7 Å². The second-order valence-electron chi connectivity index (χ2n) is 6.11. The zero-order chi connectivity index (χ0) is 18.9. The molecule has 0 N–H and O–H groups in total. The molecule has 0 aliphatic carbocycles. The monoisotopic (exact) mass is 378 g/mol. The summed E-state index contributed by atoms with van der Waals surface area (Å²) < 4.78 is 9.85. The molecular formula is C20H23ClO3S. The van der Waals surface area contributed by atoms with Crippen LogP contribution >= 0.6 is 23.4 Å². The van der Waals surface area contributed by atoms with Crippen LogP contribution < -0.4 is 0 Å². The van der Waals surface area contributed by atoms with Gasteiger partial charge in [-0.3, -0.25) is 0 Å². The summed E-state index contributed by atoms with van der Waals surface area (Å²) in [6.45, 7) is 6.19. The summed E-state index contributed by atoms with van der Waals surface area (Å²) in [4.78, 5) is 12.8. The van der Waals surface area contributed by atoms with Gasteiger partial charge in [-0.15, -0.1) is 11.8 Å². The number of carbonyl (C=O) groups is 1. The highest BCUT2D eigenvalue weighted by Gasteiger charge is 2.18. The van der Waals surface area contributed by atoms with E-state index in [1.165, 1.54) is 32.2 Å². The lowest BCUT2D eigenvalue weighted by Crippen LogP contribution is -2.05. The number of ether oxygens (including phenoxy) is 2. The average Bonchev–Trinajstić information content (AvgIpc) is 2.55. The summed E-state index contributed by atoms with van der Waals surface area (Å²) >= 11 is 7.85. The van der Waals surface area contributed by atoms with Gasteiger partial charge in [-0.05, 0) is 32.9 Å². The van der Waals surface area contributed by atoms with E-state index in [1.54, 1.807) is 12.1 Å². The van der Waals surface area contributed by atoms with Crippen molar-refractivity contribution in [3.63, 3.8) is 0 Å². The third-order valence-corrected chi connectivity index (χ3v) is 4.39. The van der Waals surface area contributed by atoms with Gasteiger partial charge >= 0.3 is 5.97 Å². The average molecular weight is 379 g/mol. The number of methoxy groups -OCH3 is 2. The van der Waals surface area contributed by atoms with Crippen LogP contribution in [0.15, 0.2) is 41.5 Å². The highest BCUT2D eigenvalue weighted by molar-refractivity contribution is 7.99. The number of hydrogen-bond donors (Lipinski definition) is 0. The molecular weight excluding hydrogens is 356 g/mol. The van der Waals surface area contributed by atoms with Crippen LogP contribution in [0.1, 0.15) is 26.3 Å². The Morgan fingerprint density at radius 1 is 1.32 bits per heavy atom.